The van der Waals surface area contributed by atoms with Gasteiger partial charge >= 0.3 is 0 Å². The Kier molecular flexibility index (Phi) is 4.28. The highest BCUT2D eigenvalue weighted by Crippen LogP contribution is 2.35. The van der Waals surface area contributed by atoms with Gasteiger partial charge in [0.2, 0.25) is 0 Å². The summed E-state index contributed by atoms with van der Waals surface area (Å²) in [4.78, 5) is 11.8. The number of carbonyl (C=O) groups excluding carboxylic acids is 1. The molecule has 0 saturated carbocycles. The highest BCUT2D eigenvalue weighted by Gasteiger charge is 2.16. The Bertz CT molecular complexity index is 1060. The fraction of sp³-hybridized carbons (Fsp3) is 0.0870. The molecule has 4 aromatic rings. The van der Waals surface area contributed by atoms with Crippen molar-refractivity contribution in [3.8, 4) is 16.9 Å². The van der Waals surface area contributed by atoms with Gasteiger partial charge in [0.1, 0.15) is 12.4 Å². The molecule has 0 aliphatic rings. The lowest BCUT2D eigenvalue weighted by molar-refractivity contribution is 0.111. The van der Waals surface area contributed by atoms with Gasteiger partial charge in [-0.25, -0.2) is 0 Å². The number of hydrogen-bond acceptors (Lipinski definition) is 2. The number of fused-ring (bicyclic) bond motifs is 1. The van der Waals surface area contributed by atoms with Crippen LogP contribution >= 0.6 is 0 Å². The number of benzene rings is 2. The third-order valence-electron chi connectivity index (χ3n) is 4.59. The van der Waals surface area contributed by atoms with Crippen molar-refractivity contribution in [2.75, 3.05) is 0 Å². The Balaban J connectivity index is 1.78. The van der Waals surface area contributed by atoms with Crippen LogP contribution in [0, 0.1) is 6.92 Å². The summed E-state index contributed by atoms with van der Waals surface area (Å²) in [6, 6.07) is 24.0. The second kappa shape index (κ2) is 6.89. The summed E-state index contributed by atoms with van der Waals surface area (Å²) < 4.78 is 8.01. The van der Waals surface area contributed by atoms with Crippen molar-refractivity contribution in [3.63, 3.8) is 0 Å². The normalized spacial score (nSPS) is 10.8. The van der Waals surface area contributed by atoms with Crippen molar-refractivity contribution in [1.82, 2.24) is 4.40 Å². The summed E-state index contributed by atoms with van der Waals surface area (Å²) in [7, 11) is 0. The first-order valence-corrected chi connectivity index (χ1v) is 8.60. The number of hydrogen-bond donors (Lipinski definition) is 0. The molecule has 0 N–H and O–H groups in total. The first kappa shape index (κ1) is 16.2. The van der Waals surface area contributed by atoms with Gasteiger partial charge in [-0.15, -0.1) is 0 Å². The number of aldehydes is 1. The second-order valence-corrected chi connectivity index (χ2v) is 6.28. The van der Waals surface area contributed by atoms with E-state index in [4.69, 9.17) is 4.74 Å². The predicted octanol–water partition coefficient (Wildman–Crippen LogP) is 5.31. The average molecular weight is 341 g/mol. The van der Waals surface area contributed by atoms with E-state index >= 15 is 0 Å². The third-order valence-corrected chi connectivity index (χ3v) is 4.59. The molecule has 2 heterocycles. The lowest BCUT2D eigenvalue weighted by Gasteiger charge is -2.11. The lowest BCUT2D eigenvalue weighted by Crippen LogP contribution is -1.98. The van der Waals surface area contributed by atoms with E-state index in [1.807, 2.05) is 84.3 Å². The fourth-order valence-electron chi connectivity index (χ4n) is 3.25. The monoisotopic (exact) mass is 341 g/mol. The number of ether oxygens (including phenoxy) is 1. The molecule has 4 rings (SSSR count). The van der Waals surface area contributed by atoms with Gasteiger partial charge in [-0.1, -0.05) is 54.6 Å². The number of nitrogens with zero attached hydrogens (tertiary/aromatic N) is 1. The van der Waals surface area contributed by atoms with Crippen molar-refractivity contribution in [2.24, 2.45) is 0 Å². The maximum atomic E-state index is 11.8. The number of aromatic nitrogens is 1. The van der Waals surface area contributed by atoms with E-state index in [2.05, 4.69) is 6.07 Å². The molecule has 3 heteroatoms. The maximum Gasteiger partial charge on any atom is 0.167 e. The molecular weight excluding hydrogens is 322 g/mol. The Morgan fingerprint density at radius 3 is 2.50 bits per heavy atom. The van der Waals surface area contributed by atoms with Crippen LogP contribution in [0.3, 0.4) is 0 Å². The van der Waals surface area contributed by atoms with E-state index in [1.165, 1.54) is 0 Å². The molecule has 0 aliphatic carbocycles. The molecule has 0 bridgehead atoms. The summed E-state index contributed by atoms with van der Waals surface area (Å²) in [5.41, 5.74) is 5.72. The molecule has 0 radical (unpaired) electrons. The van der Waals surface area contributed by atoms with Gasteiger partial charge in [-0.3, -0.25) is 4.79 Å². The Labute approximate surface area is 152 Å². The standard InChI is InChI=1S/C23H19NO2/c1-17-8-7-13-24-21(17)14-20(22(24)15-25)19-11-5-6-12-23(19)26-16-18-9-3-2-4-10-18/h2-15H,16H2,1H3. The van der Waals surface area contributed by atoms with Crippen molar-refractivity contribution in [3.05, 3.63) is 95.8 Å². The van der Waals surface area contributed by atoms with Crippen LogP contribution in [0.2, 0.25) is 0 Å². The molecule has 2 aromatic carbocycles. The second-order valence-electron chi connectivity index (χ2n) is 6.28. The van der Waals surface area contributed by atoms with Crippen LogP contribution in [0.25, 0.3) is 16.6 Å². The summed E-state index contributed by atoms with van der Waals surface area (Å²) in [6.45, 7) is 2.53. The highest BCUT2D eigenvalue weighted by molar-refractivity contribution is 5.92. The maximum absolute atomic E-state index is 11.8. The van der Waals surface area contributed by atoms with Crippen LogP contribution in [0.4, 0.5) is 0 Å². The predicted molar refractivity (Wildman–Crippen MR) is 104 cm³/mol. The first-order chi connectivity index (χ1) is 12.8. The van der Waals surface area contributed by atoms with Gasteiger partial charge in [-0.2, -0.15) is 0 Å². The van der Waals surface area contributed by atoms with Crippen molar-refractivity contribution in [1.29, 1.82) is 0 Å². The van der Waals surface area contributed by atoms with Crippen molar-refractivity contribution >= 4 is 11.8 Å². The molecule has 0 unspecified atom stereocenters. The average Bonchev–Trinajstić information content (AvgIpc) is 3.07. The molecule has 26 heavy (non-hydrogen) atoms. The minimum absolute atomic E-state index is 0.487. The number of rotatable bonds is 5. The SMILES string of the molecule is Cc1cccn2c(C=O)c(-c3ccccc3OCc3ccccc3)cc12. The van der Waals surface area contributed by atoms with Crippen LogP contribution in [0.15, 0.2) is 79.0 Å². The van der Waals surface area contributed by atoms with Crippen molar-refractivity contribution in [2.45, 2.75) is 13.5 Å². The lowest BCUT2D eigenvalue weighted by atomic mass is 10.0. The Morgan fingerprint density at radius 2 is 1.69 bits per heavy atom. The minimum Gasteiger partial charge on any atom is -0.488 e. The van der Waals surface area contributed by atoms with E-state index in [0.29, 0.717) is 12.3 Å². The molecule has 128 valence electrons. The quantitative estimate of drug-likeness (QED) is 0.461. The summed E-state index contributed by atoms with van der Waals surface area (Å²) in [6.07, 6.45) is 2.83. The van der Waals surface area contributed by atoms with Gasteiger partial charge in [0, 0.05) is 22.8 Å². The molecule has 0 spiro atoms. The van der Waals surface area contributed by atoms with Gasteiger partial charge in [-0.05, 0) is 36.2 Å². The summed E-state index contributed by atoms with van der Waals surface area (Å²) in [5, 5.41) is 0. The molecular formula is C23H19NO2. The van der Waals surface area contributed by atoms with Crippen LogP contribution in [-0.4, -0.2) is 10.7 Å². The molecule has 0 amide bonds. The Hall–Kier alpha value is -3.33. The molecule has 0 atom stereocenters. The summed E-state index contributed by atoms with van der Waals surface area (Å²) >= 11 is 0. The number of para-hydroxylation sites is 1. The van der Waals surface area contributed by atoms with E-state index in [0.717, 1.165) is 39.8 Å². The van der Waals surface area contributed by atoms with E-state index in [9.17, 15) is 4.79 Å². The highest BCUT2D eigenvalue weighted by atomic mass is 16.5. The Morgan fingerprint density at radius 1 is 0.923 bits per heavy atom. The largest absolute Gasteiger partial charge is 0.488 e. The topological polar surface area (TPSA) is 30.7 Å². The van der Waals surface area contributed by atoms with E-state index in [1.54, 1.807) is 0 Å². The van der Waals surface area contributed by atoms with Gasteiger partial charge in [0.25, 0.3) is 0 Å². The molecule has 3 nitrogen and oxygen atoms in total. The molecule has 0 saturated heterocycles. The van der Waals surface area contributed by atoms with E-state index in [-0.39, 0.29) is 0 Å². The zero-order chi connectivity index (χ0) is 17.9. The molecule has 0 aliphatic heterocycles. The smallest absolute Gasteiger partial charge is 0.167 e. The number of carbonyl (C=O) groups is 1. The number of aryl methyl sites for hydroxylation is 1. The van der Waals surface area contributed by atoms with Gasteiger partial charge in [0.05, 0.1) is 5.69 Å². The minimum atomic E-state index is 0.487. The summed E-state index contributed by atoms with van der Waals surface area (Å²) in [5.74, 6) is 0.771. The van der Waals surface area contributed by atoms with Gasteiger partial charge < -0.3 is 9.14 Å². The van der Waals surface area contributed by atoms with Crippen LogP contribution in [0.5, 0.6) is 5.75 Å². The fourth-order valence-corrected chi connectivity index (χ4v) is 3.25. The molecule has 0 fully saturated rings. The van der Waals surface area contributed by atoms with Crippen molar-refractivity contribution < 1.29 is 9.53 Å². The van der Waals surface area contributed by atoms with Crippen LogP contribution < -0.4 is 4.74 Å². The third kappa shape index (κ3) is 2.88. The van der Waals surface area contributed by atoms with Gasteiger partial charge in [0.15, 0.2) is 6.29 Å². The first-order valence-electron chi connectivity index (χ1n) is 8.60. The number of pyridine rings is 1. The molecule has 2 aromatic heterocycles. The zero-order valence-electron chi connectivity index (χ0n) is 14.6. The van der Waals surface area contributed by atoms with Crippen LogP contribution in [0.1, 0.15) is 21.6 Å². The van der Waals surface area contributed by atoms with E-state index < -0.39 is 0 Å². The van der Waals surface area contributed by atoms with Crippen LogP contribution in [-0.2, 0) is 6.61 Å². The zero-order valence-corrected chi connectivity index (χ0v) is 14.6.